The van der Waals surface area contributed by atoms with Crippen LogP contribution >= 0.6 is 11.6 Å². The summed E-state index contributed by atoms with van der Waals surface area (Å²) < 4.78 is 5.69. The van der Waals surface area contributed by atoms with E-state index in [9.17, 15) is 4.79 Å². The Kier molecular flexibility index (Phi) is 5.76. The smallest absolute Gasteiger partial charge is 0.169 e. The van der Waals surface area contributed by atoms with Crippen molar-refractivity contribution in [1.82, 2.24) is 4.98 Å². The zero-order valence-corrected chi connectivity index (χ0v) is 12.0. The summed E-state index contributed by atoms with van der Waals surface area (Å²) in [6.07, 6.45) is 4.86. The van der Waals surface area contributed by atoms with E-state index in [0.29, 0.717) is 30.9 Å². The number of ketones is 1. The highest BCUT2D eigenvalue weighted by Crippen LogP contribution is 2.25. The second-order valence-electron chi connectivity index (χ2n) is 4.20. The SMILES string of the molecule is CCOC(CC)(CC)C(=O)Cc1ccncc1Cl. The van der Waals surface area contributed by atoms with Crippen LogP contribution in [0.2, 0.25) is 5.02 Å². The van der Waals surface area contributed by atoms with Gasteiger partial charge in [-0.25, -0.2) is 0 Å². The van der Waals surface area contributed by atoms with Crippen molar-refractivity contribution in [3.8, 4) is 0 Å². The minimum atomic E-state index is -0.679. The van der Waals surface area contributed by atoms with Crippen LogP contribution in [0.15, 0.2) is 18.5 Å². The fraction of sp³-hybridized carbons (Fsp3) is 0.571. The number of ether oxygens (including phenoxy) is 1. The molecule has 0 unspecified atom stereocenters. The third-order valence-corrected chi connectivity index (χ3v) is 3.62. The second kappa shape index (κ2) is 6.86. The maximum Gasteiger partial charge on any atom is 0.169 e. The van der Waals surface area contributed by atoms with E-state index in [-0.39, 0.29) is 5.78 Å². The fourth-order valence-corrected chi connectivity index (χ4v) is 2.27. The third-order valence-electron chi connectivity index (χ3n) is 3.28. The maximum atomic E-state index is 12.4. The second-order valence-corrected chi connectivity index (χ2v) is 4.61. The Hall–Kier alpha value is -0.930. The molecule has 0 aliphatic heterocycles. The van der Waals surface area contributed by atoms with Crippen molar-refractivity contribution < 1.29 is 9.53 Å². The lowest BCUT2D eigenvalue weighted by Gasteiger charge is -2.30. The lowest BCUT2D eigenvalue weighted by molar-refractivity contribution is -0.144. The molecule has 0 radical (unpaired) electrons. The molecule has 4 heteroatoms. The molecule has 1 rings (SSSR count). The quantitative estimate of drug-likeness (QED) is 0.761. The Balaban J connectivity index is 2.89. The van der Waals surface area contributed by atoms with E-state index >= 15 is 0 Å². The molecule has 0 aliphatic rings. The van der Waals surface area contributed by atoms with E-state index in [2.05, 4.69) is 4.98 Å². The van der Waals surface area contributed by atoms with Crippen molar-refractivity contribution in [2.75, 3.05) is 6.61 Å². The van der Waals surface area contributed by atoms with Gasteiger partial charge >= 0.3 is 0 Å². The lowest BCUT2D eigenvalue weighted by atomic mass is 9.88. The van der Waals surface area contributed by atoms with Gasteiger partial charge in [0.25, 0.3) is 0 Å². The standard InChI is InChI=1S/C14H20ClNO2/c1-4-14(5-2,18-6-3)13(17)9-11-7-8-16-10-12(11)15/h7-8,10H,4-6,9H2,1-3H3. The molecule has 0 amide bonds. The zero-order valence-electron chi connectivity index (χ0n) is 11.2. The van der Waals surface area contributed by atoms with Gasteiger partial charge in [-0.3, -0.25) is 9.78 Å². The molecule has 0 aliphatic carbocycles. The van der Waals surface area contributed by atoms with Crippen molar-refractivity contribution in [1.29, 1.82) is 0 Å². The summed E-state index contributed by atoms with van der Waals surface area (Å²) in [4.78, 5) is 16.4. The average molecular weight is 270 g/mol. The van der Waals surface area contributed by atoms with Gasteiger partial charge in [0, 0.05) is 25.4 Å². The fourth-order valence-electron chi connectivity index (χ4n) is 2.09. The van der Waals surface area contributed by atoms with Gasteiger partial charge in [-0.05, 0) is 31.4 Å². The van der Waals surface area contributed by atoms with E-state index in [0.717, 1.165) is 5.56 Å². The topological polar surface area (TPSA) is 39.2 Å². The van der Waals surface area contributed by atoms with E-state index in [1.165, 1.54) is 0 Å². The number of rotatable bonds is 7. The van der Waals surface area contributed by atoms with Crippen LogP contribution in [0.5, 0.6) is 0 Å². The molecule has 0 fully saturated rings. The molecule has 0 atom stereocenters. The van der Waals surface area contributed by atoms with Crippen LogP contribution in [-0.2, 0) is 16.0 Å². The molecule has 0 saturated carbocycles. The van der Waals surface area contributed by atoms with Crippen LogP contribution in [0.25, 0.3) is 0 Å². The number of carbonyl (C=O) groups is 1. The lowest BCUT2D eigenvalue weighted by Crippen LogP contribution is -2.41. The first-order valence-corrected chi connectivity index (χ1v) is 6.73. The van der Waals surface area contributed by atoms with Crippen LogP contribution in [0.3, 0.4) is 0 Å². The molecule has 3 nitrogen and oxygen atoms in total. The molecular formula is C14H20ClNO2. The van der Waals surface area contributed by atoms with Gasteiger partial charge in [-0.2, -0.15) is 0 Å². The van der Waals surface area contributed by atoms with E-state index in [1.807, 2.05) is 20.8 Å². The van der Waals surface area contributed by atoms with Crippen LogP contribution in [0.4, 0.5) is 0 Å². The van der Waals surface area contributed by atoms with Crippen LogP contribution < -0.4 is 0 Å². The van der Waals surface area contributed by atoms with Crippen LogP contribution in [0.1, 0.15) is 39.2 Å². The van der Waals surface area contributed by atoms with E-state index < -0.39 is 5.60 Å². The summed E-state index contributed by atoms with van der Waals surface area (Å²) >= 11 is 6.03. The summed E-state index contributed by atoms with van der Waals surface area (Å²) in [5.74, 6) is 0.0856. The first kappa shape index (κ1) is 15.1. The average Bonchev–Trinajstić information content (AvgIpc) is 2.38. The number of pyridine rings is 1. The number of aromatic nitrogens is 1. The predicted octanol–water partition coefficient (Wildman–Crippen LogP) is 3.44. The van der Waals surface area contributed by atoms with Gasteiger partial charge in [-0.1, -0.05) is 25.4 Å². The summed E-state index contributed by atoms with van der Waals surface area (Å²) in [6.45, 7) is 6.40. The number of carbonyl (C=O) groups excluding carboxylic acids is 1. The molecule has 1 heterocycles. The summed E-state index contributed by atoms with van der Waals surface area (Å²) in [6, 6.07) is 1.78. The monoisotopic (exact) mass is 269 g/mol. The molecule has 1 aromatic heterocycles. The highest BCUT2D eigenvalue weighted by atomic mass is 35.5. The van der Waals surface area contributed by atoms with E-state index in [1.54, 1.807) is 18.5 Å². The van der Waals surface area contributed by atoms with Gasteiger partial charge in [0.05, 0.1) is 5.02 Å². The molecular weight excluding hydrogens is 250 g/mol. The normalized spacial score (nSPS) is 11.6. The highest BCUT2D eigenvalue weighted by Gasteiger charge is 2.35. The molecule has 0 aromatic carbocycles. The summed E-state index contributed by atoms with van der Waals surface area (Å²) in [7, 11) is 0. The maximum absolute atomic E-state index is 12.4. The van der Waals surface area contributed by atoms with Crippen molar-refractivity contribution >= 4 is 17.4 Å². The Morgan fingerprint density at radius 3 is 2.56 bits per heavy atom. The van der Waals surface area contributed by atoms with Crippen molar-refractivity contribution in [3.63, 3.8) is 0 Å². The van der Waals surface area contributed by atoms with E-state index in [4.69, 9.17) is 16.3 Å². The van der Waals surface area contributed by atoms with Gasteiger partial charge < -0.3 is 4.74 Å². The Labute approximate surface area is 114 Å². The molecule has 100 valence electrons. The predicted molar refractivity (Wildman–Crippen MR) is 72.9 cm³/mol. The zero-order chi connectivity index (χ0) is 13.6. The number of hydrogen-bond acceptors (Lipinski definition) is 3. The Bertz CT molecular complexity index is 403. The first-order chi connectivity index (χ1) is 8.59. The highest BCUT2D eigenvalue weighted by molar-refractivity contribution is 6.31. The summed E-state index contributed by atoms with van der Waals surface area (Å²) in [5.41, 5.74) is 0.129. The molecule has 0 bridgehead atoms. The molecule has 0 spiro atoms. The van der Waals surface area contributed by atoms with Gasteiger partial charge in [0.1, 0.15) is 5.60 Å². The Morgan fingerprint density at radius 1 is 1.39 bits per heavy atom. The number of nitrogens with zero attached hydrogens (tertiary/aromatic N) is 1. The molecule has 0 saturated heterocycles. The minimum Gasteiger partial charge on any atom is -0.368 e. The van der Waals surface area contributed by atoms with Crippen LogP contribution in [-0.4, -0.2) is 23.0 Å². The molecule has 18 heavy (non-hydrogen) atoms. The van der Waals surface area contributed by atoms with Crippen LogP contribution in [0, 0.1) is 0 Å². The van der Waals surface area contributed by atoms with Gasteiger partial charge in [-0.15, -0.1) is 0 Å². The molecule has 1 aromatic rings. The number of halogens is 1. The largest absolute Gasteiger partial charge is 0.368 e. The van der Waals surface area contributed by atoms with Crippen molar-refractivity contribution in [3.05, 3.63) is 29.0 Å². The van der Waals surface area contributed by atoms with Gasteiger partial charge in [0.2, 0.25) is 0 Å². The summed E-state index contributed by atoms with van der Waals surface area (Å²) in [5, 5.41) is 0.531. The number of hydrogen-bond donors (Lipinski definition) is 0. The molecule has 0 N–H and O–H groups in total. The Morgan fingerprint density at radius 2 is 2.06 bits per heavy atom. The third kappa shape index (κ3) is 3.30. The minimum absolute atomic E-state index is 0.0856. The van der Waals surface area contributed by atoms with Gasteiger partial charge in [0.15, 0.2) is 5.78 Å². The van der Waals surface area contributed by atoms with Crippen molar-refractivity contribution in [2.45, 2.75) is 45.6 Å². The van der Waals surface area contributed by atoms with Crippen molar-refractivity contribution in [2.24, 2.45) is 0 Å². The first-order valence-electron chi connectivity index (χ1n) is 6.35. The number of Topliss-reactive ketones (excluding diaryl/α,β-unsaturated/α-hetero) is 1.